The number of hydrogen-bond acceptors (Lipinski definition) is 5. The predicted molar refractivity (Wildman–Crippen MR) is 121 cm³/mol. The third kappa shape index (κ3) is 5.40. The van der Waals surface area contributed by atoms with Crippen molar-refractivity contribution in [3.8, 4) is 0 Å². The number of aromatic nitrogens is 2. The first-order chi connectivity index (χ1) is 15.1. The number of nitrogens with one attached hydrogen (secondary N) is 1. The lowest BCUT2D eigenvalue weighted by Gasteiger charge is -2.11. The van der Waals surface area contributed by atoms with E-state index >= 15 is 0 Å². The Morgan fingerprint density at radius 1 is 1.06 bits per heavy atom. The summed E-state index contributed by atoms with van der Waals surface area (Å²) in [6, 6.07) is 17.4. The average molecular weight is 434 g/mol. The highest BCUT2D eigenvalue weighted by molar-refractivity contribution is 7.99. The van der Waals surface area contributed by atoms with Crippen molar-refractivity contribution in [3.63, 3.8) is 0 Å². The molecule has 0 saturated carbocycles. The minimum Gasteiger partial charge on any atom is -0.329 e. The molecule has 31 heavy (non-hydrogen) atoms. The van der Waals surface area contributed by atoms with Gasteiger partial charge in [-0.05, 0) is 29.8 Å². The molecule has 0 bridgehead atoms. The standard InChI is InChI=1S/C23H23N5O2S/c1-27-16-14-24-23(27)31-19-9-7-18(8-10-19)25-21(29)11-12-22(30)28-15-13-20(26-28)17-5-3-2-4-6-17/h2-10,14,16H,11-13,15H2,1H3,(H,25,29). The fraction of sp³-hybridized carbons (Fsp3) is 0.217. The van der Waals surface area contributed by atoms with Crippen LogP contribution >= 0.6 is 11.8 Å². The molecule has 0 atom stereocenters. The van der Waals surface area contributed by atoms with E-state index in [2.05, 4.69) is 15.4 Å². The summed E-state index contributed by atoms with van der Waals surface area (Å²) in [5.74, 6) is -0.327. The third-order valence-corrected chi connectivity index (χ3v) is 5.97. The van der Waals surface area contributed by atoms with E-state index in [0.717, 1.165) is 27.7 Å². The molecule has 8 heteroatoms. The van der Waals surface area contributed by atoms with E-state index in [-0.39, 0.29) is 24.7 Å². The summed E-state index contributed by atoms with van der Waals surface area (Å²) in [4.78, 5) is 30.0. The number of rotatable bonds is 7. The molecule has 1 N–H and O–H groups in total. The fourth-order valence-corrected chi connectivity index (χ4v) is 4.01. The van der Waals surface area contributed by atoms with Gasteiger partial charge >= 0.3 is 0 Å². The molecule has 1 aliphatic heterocycles. The summed E-state index contributed by atoms with van der Waals surface area (Å²) in [5.41, 5.74) is 2.63. The first-order valence-corrected chi connectivity index (χ1v) is 10.9. The zero-order chi connectivity index (χ0) is 21.6. The minimum atomic E-state index is -0.190. The molecule has 7 nitrogen and oxygen atoms in total. The Labute approximate surface area is 185 Å². The SMILES string of the molecule is Cn1ccnc1Sc1ccc(NC(=O)CCC(=O)N2CCC(c3ccccc3)=N2)cc1. The maximum Gasteiger partial charge on any atom is 0.243 e. The number of carbonyl (C=O) groups is 2. The smallest absolute Gasteiger partial charge is 0.243 e. The Balaban J connectivity index is 1.25. The molecule has 0 aliphatic carbocycles. The van der Waals surface area contributed by atoms with Crippen molar-refractivity contribution >= 4 is 35.0 Å². The van der Waals surface area contributed by atoms with Gasteiger partial charge in [0.05, 0.1) is 12.3 Å². The first kappa shape index (κ1) is 20.9. The van der Waals surface area contributed by atoms with Crippen molar-refractivity contribution < 1.29 is 9.59 Å². The number of hydrogen-bond donors (Lipinski definition) is 1. The third-order valence-electron chi connectivity index (χ3n) is 4.89. The lowest BCUT2D eigenvalue weighted by atomic mass is 10.1. The molecular weight excluding hydrogens is 410 g/mol. The van der Waals surface area contributed by atoms with E-state index < -0.39 is 0 Å². The molecule has 158 valence electrons. The van der Waals surface area contributed by atoms with Gasteiger partial charge in [-0.2, -0.15) is 5.10 Å². The quantitative estimate of drug-likeness (QED) is 0.612. The Morgan fingerprint density at radius 3 is 2.55 bits per heavy atom. The van der Waals surface area contributed by atoms with Gasteiger partial charge in [-0.1, -0.05) is 42.1 Å². The molecule has 3 aromatic rings. The number of benzene rings is 2. The highest BCUT2D eigenvalue weighted by Crippen LogP contribution is 2.26. The van der Waals surface area contributed by atoms with Crippen molar-refractivity contribution in [1.29, 1.82) is 0 Å². The van der Waals surface area contributed by atoms with Gasteiger partial charge in [0.1, 0.15) is 0 Å². The van der Waals surface area contributed by atoms with Crippen molar-refractivity contribution in [2.75, 3.05) is 11.9 Å². The van der Waals surface area contributed by atoms with Crippen LogP contribution in [0.5, 0.6) is 0 Å². The van der Waals surface area contributed by atoms with Crippen molar-refractivity contribution in [3.05, 3.63) is 72.6 Å². The molecule has 2 aromatic carbocycles. The van der Waals surface area contributed by atoms with Gasteiger partial charge in [-0.15, -0.1) is 0 Å². The van der Waals surface area contributed by atoms with E-state index in [1.807, 2.05) is 72.4 Å². The molecule has 2 heterocycles. The fourth-order valence-electron chi connectivity index (χ4n) is 3.21. The summed E-state index contributed by atoms with van der Waals surface area (Å²) in [5, 5.41) is 9.64. The van der Waals surface area contributed by atoms with E-state index in [1.54, 1.807) is 18.0 Å². The van der Waals surface area contributed by atoms with E-state index in [1.165, 1.54) is 5.01 Å². The van der Waals surface area contributed by atoms with Gasteiger partial charge in [-0.3, -0.25) is 9.59 Å². The minimum absolute atomic E-state index is 0.120. The summed E-state index contributed by atoms with van der Waals surface area (Å²) < 4.78 is 1.95. The summed E-state index contributed by atoms with van der Waals surface area (Å²) in [7, 11) is 1.95. The van der Waals surface area contributed by atoms with Gasteiger partial charge in [0, 0.05) is 49.3 Å². The van der Waals surface area contributed by atoms with Gasteiger partial charge in [-0.25, -0.2) is 9.99 Å². The Hall–Kier alpha value is -3.39. The zero-order valence-electron chi connectivity index (χ0n) is 17.2. The number of anilines is 1. The van der Waals surface area contributed by atoms with Crippen molar-refractivity contribution in [2.45, 2.75) is 29.3 Å². The van der Waals surface area contributed by atoms with Crippen LogP contribution in [0.1, 0.15) is 24.8 Å². The van der Waals surface area contributed by atoms with Gasteiger partial charge in [0.25, 0.3) is 0 Å². The van der Waals surface area contributed by atoms with Gasteiger partial charge in [0.15, 0.2) is 5.16 Å². The largest absolute Gasteiger partial charge is 0.329 e. The van der Waals surface area contributed by atoms with E-state index in [9.17, 15) is 9.59 Å². The van der Waals surface area contributed by atoms with E-state index in [0.29, 0.717) is 12.2 Å². The number of amides is 2. The van der Waals surface area contributed by atoms with E-state index in [4.69, 9.17) is 0 Å². The summed E-state index contributed by atoms with van der Waals surface area (Å²) in [6.45, 7) is 0.555. The second kappa shape index (κ2) is 9.61. The second-order valence-corrected chi connectivity index (χ2v) is 8.22. The molecule has 4 rings (SSSR count). The monoisotopic (exact) mass is 433 g/mol. The van der Waals surface area contributed by atoms with Crippen LogP contribution in [0, 0.1) is 0 Å². The maximum atomic E-state index is 12.4. The molecule has 1 aromatic heterocycles. The van der Waals surface area contributed by atoms with Crippen LogP contribution in [0.25, 0.3) is 0 Å². The topological polar surface area (TPSA) is 79.6 Å². The predicted octanol–water partition coefficient (Wildman–Crippen LogP) is 3.93. The van der Waals surface area contributed by atoms with Crippen LogP contribution in [0.4, 0.5) is 5.69 Å². The number of hydrazone groups is 1. The highest BCUT2D eigenvalue weighted by Gasteiger charge is 2.21. The summed E-state index contributed by atoms with van der Waals surface area (Å²) in [6.07, 6.45) is 4.63. The van der Waals surface area contributed by atoms with Crippen LogP contribution in [-0.2, 0) is 16.6 Å². The van der Waals surface area contributed by atoms with Crippen LogP contribution in [0.15, 0.2) is 82.1 Å². The number of nitrogens with zero attached hydrogens (tertiary/aromatic N) is 4. The lowest BCUT2D eigenvalue weighted by Crippen LogP contribution is -2.24. The molecule has 0 spiro atoms. The van der Waals surface area contributed by atoms with Crippen molar-refractivity contribution in [2.24, 2.45) is 12.1 Å². The summed E-state index contributed by atoms with van der Waals surface area (Å²) >= 11 is 1.55. The lowest BCUT2D eigenvalue weighted by molar-refractivity contribution is -0.132. The molecular formula is C23H23N5O2S. The number of carbonyl (C=O) groups excluding carboxylic acids is 2. The number of imidazole rings is 1. The molecule has 0 saturated heterocycles. The second-order valence-electron chi connectivity index (χ2n) is 7.17. The molecule has 0 radical (unpaired) electrons. The molecule has 2 amide bonds. The van der Waals surface area contributed by atoms with Crippen molar-refractivity contribution in [1.82, 2.24) is 14.6 Å². The molecule has 1 aliphatic rings. The van der Waals surface area contributed by atoms with Gasteiger partial charge in [0.2, 0.25) is 11.8 Å². The maximum absolute atomic E-state index is 12.4. The van der Waals surface area contributed by atoms with Crippen LogP contribution < -0.4 is 5.32 Å². The zero-order valence-corrected chi connectivity index (χ0v) is 18.0. The van der Waals surface area contributed by atoms with Crippen LogP contribution in [0.3, 0.4) is 0 Å². The molecule has 0 fully saturated rings. The Morgan fingerprint density at radius 2 is 1.84 bits per heavy atom. The Kier molecular flexibility index (Phi) is 6.47. The van der Waals surface area contributed by atoms with Crippen LogP contribution in [-0.4, -0.2) is 38.6 Å². The Bertz CT molecular complexity index is 1090. The van der Waals surface area contributed by atoms with Gasteiger partial charge < -0.3 is 9.88 Å². The number of aryl methyl sites for hydroxylation is 1. The molecule has 0 unspecified atom stereocenters. The normalized spacial score (nSPS) is 13.2. The first-order valence-electron chi connectivity index (χ1n) is 10.1. The average Bonchev–Trinajstić information content (AvgIpc) is 3.44. The van der Waals surface area contributed by atoms with Crippen LogP contribution in [0.2, 0.25) is 0 Å². The highest BCUT2D eigenvalue weighted by atomic mass is 32.2.